The van der Waals surface area contributed by atoms with Crippen LogP contribution in [-0.2, 0) is 4.74 Å². The number of hydrogen-bond acceptors (Lipinski definition) is 5. The maximum Gasteiger partial charge on any atom is 0.270 e. The molecule has 6 nitrogen and oxygen atoms in total. The fourth-order valence-electron chi connectivity index (χ4n) is 1.82. The Hall–Kier alpha value is -2.18. The van der Waals surface area contributed by atoms with Crippen LogP contribution in [0.4, 0.5) is 11.5 Å². The summed E-state index contributed by atoms with van der Waals surface area (Å²) >= 11 is 5.95. The molecule has 1 aromatic heterocycles. The standard InChI is InChI=1S/C15H17ClN4O2/c1-10-18-13(15(21)17-6-7-22-2)9-14(19-10)20-12-5-3-4-11(16)8-12/h3-5,8-9H,6-7H2,1-2H3,(H,17,21)(H,18,19,20). The lowest BCUT2D eigenvalue weighted by molar-refractivity contribution is 0.0932. The molecule has 1 heterocycles. The summed E-state index contributed by atoms with van der Waals surface area (Å²) in [5, 5.41) is 6.45. The van der Waals surface area contributed by atoms with Gasteiger partial charge in [-0.15, -0.1) is 0 Å². The Balaban J connectivity index is 2.14. The number of methoxy groups -OCH3 is 1. The molecule has 2 rings (SSSR count). The quantitative estimate of drug-likeness (QED) is 0.800. The first kappa shape index (κ1) is 16.2. The van der Waals surface area contributed by atoms with E-state index in [4.69, 9.17) is 16.3 Å². The second-order valence-corrected chi connectivity index (χ2v) is 5.01. The van der Waals surface area contributed by atoms with Crippen LogP contribution in [0.1, 0.15) is 16.3 Å². The van der Waals surface area contributed by atoms with Gasteiger partial charge in [0.2, 0.25) is 0 Å². The number of rotatable bonds is 6. The van der Waals surface area contributed by atoms with Crippen LogP contribution in [0.25, 0.3) is 0 Å². The maximum absolute atomic E-state index is 12.0. The molecule has 2 N–H and O–H groups in total. The van der Waals surface area contributed by atoms with E-state index >= 15 is 0 Å². The zero-order chi connectivity index (χ0) is 15.9. The van der Waals surface area contributed by atoms with Gasteiger partial charge < -0.3 is 15.4 Å². The molecule has 0 radical (unpaired) electrons. The van der Waals surface area contributed by atoms with E-state index in [-0.39, 0.29) is 5.91 Å². The second kappa shape index (κ2) is 7.72. The van der Waals surface area contributed by atoms with Crippen molar-refractivity contribution in [2.24, 2.45) is 0 Å². The normalized spacial score (nSPS) is 10.3. The number of aryl methyl sites for hydroxylation is 1. The van der Waals surface area contributed by atoms with Gasteiger partial charge in [-0.3, -0.25) is 4.79 Å². The van der Waals surface area contributed by atoms with Gasteiger partial charge in [-0.05, 0) is 25.1 Å². The van der Waals surface area contributed by atoms with E-state index in [1.807, 2.05) is 12.1 Å². The number of carbonyl (C=O) groups is 1. The molecular weight excluding hydrogens is 304 g/mol. The van der Waals surface area contributed by atoms with E-state index in [0.717, 1.165) is 5.69 Å². The summed E-state index contributed by atoms with van der Waals surface area (Å²) in [4.78, 5) is 20.4. The smallest absolute Gasteiger partial charge is 0.270 e. The summed E-state index contributed by atoms with van der Waals surface area (Å²) in [6, 6.07) is 8.85. The first-order valence-corrected chi connectivity index (χ1v) is 7.11. The molecule has 7 heteroatoms. The van der Waals surface area contributed by atoms with Gasteiger partial charge in [0.15, 0.2) is 0 Å². The highest BCUT2D eigenvalue weighted by Crippen LogP contribution is 2.19. The molecule has 0 aliphatic heterocycles. The Labute approximate surface area is 133 Å². The molecule has 0 atom stereocenters. The van der Waals surface area contributed by atoms with E-state index in [1.54, 1.807) is 32.2 Å². The van der Waals surface area contributed by atoms with Gasteiger partial charge in [0.05, 0.1) is 6.61 Å². The number of hydrogen-bond donors (Lipinski definition) is 2. The highest BCUT2D eigenvalue weighted by Gasteiger charge is 2.10. The molecular formula is C15H17ClN4O2. The Bertz CT molecular complexity index is 664. The maximum atomic E-state index is 12.0. The number of nitrogens with zero attached hydrogens (tertiary/aromatic N) is 2. The summed E-state index contributed by atoms with van der Waals surface area (Å²) < 4.78 is 4.89. The van der Waals surface area contributed by atoms with Gasteiger partial charge in [-0.2, -0.15) is 0 Å². The van der Waals surface area contributed by atoms with Gasteiger partial charge in [0.1, 0.15) is 17.3 Å². The van der Waals surface area contributed by atoms with Crippen molar-refractivity contribution in [1.82, 2.24) is 15.3 Å². The Morgan fingerprint density at radius 3 is 2.86 bits per heavy atom. The fourth-order valence-corrected chi connectivity index (χ4v) is 2.01. The molecule has 0 aliphatic rings. The van der Waals surface area contributed by atoms with E-state index in [9.17, 15) is 4.79 Å². The lowest BCUT2D eigenvalue weighted by atomic mass is 10.3. The van der Waals surface area contributed by atoms with Gasteiger partial charge in [-0.25, -0.2) is 9.97 Å². The second-order valence-electron chi connectivity index (χ2n) is 4.57. The van der Waals surface area contributed by atoms with E-state index < -0.39 is 0 Å². The molecule has 0 saturated heterocycles. The number of nitrogens with one attached hydrogen (secondary N) is 2. The van der Waals surface area contributed by atoms with Gasteiger partial charge >= 0.3 is 0 Å². The minimum Gasteiger partial charge on any atom is -0.383 e. The average molecular weight is 321 g/mol. The van der Waals surface area contributed by atoms with Gasteiger partial charge in [-0.1, -0.05) is 17.7 Å². The number of anilines is 2. The number of ether oxygens (including phenoxy) is 1. The fraction of sp³-hybridized carbons (Fsp3) is 0.267. The molecule has 0 unspecified atom stereocenters. The van der Waals surface area contributed by atoms with Crippen molar-refractivity contribution in [2.45, 2.75) is 6.92 Å². The van der Waals surface area contributed by atoms with Gasteiger partial charge in [0.25, 0.3) is 5.91 Å². The van der Waals surface area contributed by atoms with E-state index in [2.05, 4.69) is 20.6 Å². The molecule has 0 fully saturated rings. The van der Waals surface area contributed by atoms with Crippen molar-refractivity contribution in [3.63, 3.8) is 0 Å². The van der Waals surface area contributed by atoms with Crippen LogP contribution in [0.3, 0.4) is 0 Å². The summed E-state index contributed by atoms with van der Waals surface area (Å²) in [5.41, 5.74) is 1.09. The first-order chi connectivity index (χ1) is 10.6. The minimum atomic E-state index is -0.267. The van der Waals surface area contributed by atoms with Crippen molar-refractivity contribution < 1.29 is 9.53 Å². The number of carbonyl (C=O) groups excluding carboxylic acids is 1. The van der Waals surface area contributed by atoms with Crippen LogP contribution >= 0.6 is 11.6 Å². The lowest BCUT2D eigenvalue weighted by Crippen LogP contribution is -2.28. The number of benzene rings is 1. The van der Waals surface area contributed by atoms with Crippen LogP contribution in [-0.4, -0.2) is 36.1 Å². The van der Waals surface area contributed by atoms with E-state index in [1.165, 1.54) is 0 Å². The molecule has 0 spiro atoms. The Morgan fingerprint density at radius 2 is 2.14 bits per heavy atom. The number of amides is 1. The summed E-state index contributed by atoms with van der Waals surface area (Å²) in [7, 11) is 1.58. The third-order valence-corrected chi connectivity index (χ3v) is 2.99. The van der Waals surface area contributed by atoms with Crippen LogP contribution in [0, 0.1) is 6.92 Å². The zero-order valence-electron chi connectivity index (χ0n) is 12.4. The van der Waals surface area contributed by atoms with Crippen LogP contribution in [0.5, 0.6) is 0 Å². The molecule has 0 aliphatic carbocycles. The third-order valence-electron chi connectivity index (χ3n) is 2.76. The largest absolute Gasteiger partial charge is 0.383 e. The van der Waals surface area contributed by atoms with Crippen molar-refractivity contribution in [2.75, 3.05) is 25.6 Å². The number of halogens is 1. The average Bonchev–Trinajstić information content (AvgIpc) is 2.46. The van der Waals surface area contributed by atoms with Gasteiger partial charge in [0, 0.05) is 30.4 Å². The third kappa shape index (κ3) is 4.68. The van der Waals surface area contributed by atoms with Crippen molar-refractivity contribution >= 4 is 29.0 Å². The molecule has 1 amide bonds. The molecule has 22 heavy (non-hydrogen) atoms. The van der Waals surface area contributed by atoms with Crippen LogP contribution in [0.15, 0.2) is 30.3 Å². The Kier molecular flexibility index (Phi) is 5.68. The Morgan fingerprint density at radius 1 is 1.32 bits per heavy atom. The zero-order valence-corrected chi connectivity index (χ0v) is 13.1. The van der Waals surface area contributed by atoms with Crippen LogP contribution in [0.2, 0.25) is 5.02 Å². The molecule has 0 bridgehead atoms. The monoisotopic (exact) mass is 320 g/mol. The SMILES string of the molecule is COCCNC(=O)c1cc(Nc2cccc(Cl)c2)nc(C)n1. The topological polar surface area (TPSA) is 76.1 Å². The summed E-state index contributed by atoms with van der Waals surface area (Å²) in [5.74, 6) is 0.771. The predicted molar refractivity (Wildman–Crippen MR) is 85.7 cm³/mol. The highest BCUT2D eigenvalue weighted by atomic mass is 35.5. The minimum absolute atomic E-state index is 0.267. The summed E-state index contributed by atoms with van der Waals surface area (Å²) in [6.07, 6.45) is 0. The summed E-state index contributed by atoms with van der Waals surface area (Å²) in [6.45, 7) is 2.61. The highest BCUT2D eigenvalue weighted by molar-refractivity contribution is 6.30. The van der Waals surface area contributed by atoms with Crippen molar-refractivity contribution in [1.29, 1.82) is 0 Å². The molecule has 2 aromatic rings. The van der Waals surface area contributed by atoms with Crippen molar-refractivity contribution in [3.8, 4) is 0 Å². The van der Waals surface area contributed by atoms with Crippen molar-refractivity contribution in [3.05, 3.63) is 46.9 Å². The van der Waals surface area contributed by atoms with Crippen LogP contribution < -0.4 is 10.6 Å². The first-order valence-electron chi connectivity index (χ1n) is 6.74. The predicted octanol–water partition coefficient (Wildman–Crippen LogP) is 2.56. The molecule has 1 aromatic carbocycles. The molecule has 0 saturated carbocycles. The van der Waals surface area contributed by atoms with E-state index in [0.29, 0.717) is 35.5 Å². The molecule has 116 valence electrons. The lowest BCUT2D eigenvalue weighted by Gasteiger charge is -2.09. The number of aromatic nitrogens is 2.